The predicted molar refractivity (Wildman–Crippen MR) is 75.2 cm³/mol. The van der Waals surface area contributed by atoms with Gasteiger partial charge in [0, 0.05) is 10.6 Å². The molecule has 0 amide bonds. The SMILES string of the molecule is COc1ccccc1COC(=O)c1cc(Cl)ccc1O. The number of hydrogen-bond donors (Lipinski definition) is 1. The van der Waals surface area contributed by atoms with E-state index in [1.54, 1.807) is 19.2 Å². The second-order valence-electron chi connectivity index (χ2n) is 4.05. The Morgan fingerprint density at radius 1 is 1.25 bits per heavy atom. The minimum atomic E-state index is -0.643. The first kappa shape index (κ1) is 14.2. The molecule has 0 spiro atoms. The summed E-state index contributed by atoms with van der Waals surface area (Å²) in [5.41, 5.74) is 0.775. The first-order valence-electron chi connectivity index (χ1n) is 5.89. The zero-order valence-electron chi connectivity index (χ0n) is 10.8. The third kappa shape index (κ3) is 3.22. The van der Waals surface area contributed by atoms with Crippen LogP contribution in [0.25, 0.3) is 0 Å². The lowest BCUT2D eigenvalue weighted by Gasteiger charge is -2.09. The van der Waals surface area contributed by atoms with Crippen molar-refractivity contribution in [2.45, 2.75) is 6.61 Å². The van der Waals surface area contributed by atoms with Gasteiger partial charge in [-0.2, -0.15) is 0 Å². The highest BCUT2D eigenvalue weighted by Crippen LogP contribution is 2.24. The fourth-order valence-corrected chi connectivity index (χ4v) is 1.89. The maximum absolute atomic E-state index is 11.9. The van der Waals surface area contributed by atoms with E-state index in [2.05, 4.69) is 0 Å². The van der Waals surface area contributed by atoms with E-state index < -0.39 is 5.97 Å². The summed E-state index contributed by atoms with van der Waals surface area (Å²) in [6, 6.07) is 11.4. The Balaban J connectivity index is 2.11. The second kappa shape index (κ2) is 6.30. The van der Waals surface area contributed by atoms with Gasteiger partial charge >= 0.3 is 5.97 Å². The van der Waals surface area contributed by atoms with Gasteiger partial charge in [-0.05, 0) is 24.3 Å². The van der Waals surface area contributed by atoms with E-state index in [-0.39, 0.29) is 17.9 Å². The number of phenolic OH excluding ortho intramolecular Hbond substituents is 1. The number of para-hydroxylation sites is 1. The number of esters is 1. The van der Waals surface area contributed by atoms with E-state index in [1.165, 1.54) is 18.2 Å². The van der Waals surface area contributed by atoms with E-state index in [0.29, 0.717) is 10.8 Å². The van der Waals surface area contributed by atoms with Crippen molar-refractivity contribution >= 4 is 17.6 Å². The Morgan fingerprint density at radius 3 is 2.75 bits per heavy atom. The normalized spacial score (nSPS) is 10.1. The molecule has 0 aliphatic rings. The van der Waals surface area contributed by atoms with Gasteiger partial charge in [0.05, 0.1) is 7.11 Å². The van der Waals surface area contributed by atoms with Crippen molar-refractivity contribution in [1.29, 1.82) is 0 Å². The highest BCUT2D eigenvalue weighted by atomic mass is 35.5. The van der Waals surface area contributed by atoms with Crippen molar-refractivity contribution < 1.29 is 19.4 Å². The highest BCUT2D eigenvalue weighted by molar-refractivity contribution is 6.31. The molecule has 0 bridgehead atoms. The summed E-state index contributed by atoms with van der Waals surface area (Å²) in [4.78, 5) is 11.9. The lowest BCUT2D eigenvalue weighted by Crippen LogP contribution is -2.06. The smallest absolute Gasteiger partial charge is 0.342 e. The Bertz CT molecular complexity index is 625. The van der Waals surface area contributed by atoms with Gasteiger partial charge in [-0.15, -0.1) is 0 Å². The molecule has 1 N–H and O–H groups in total. The molecule has 0 aromatic heterocycles. The second-order valence-corrected chi connectivity index (χ2v) is 4.49. The van der Waals surface area contributed by atoms with Gasteiger partial charge in [0.15, 0.2) is 0 Å². The van der Waals surface area contributed by atoms with Crippen LogP contribution in [0.1, 0.15) is 15.9 Å². The molecule has 0 saturated carbocycles. The summed E-state index contributed by atoms with van der Waals surface area (Å²) in [5, 5.41) is 9.97. The van der Waals surface area contributed by atoms with Gasteiger partial charge in [-0.1, -0.05) is 29.8 Å². The Kier molecular flexibility index (Phi) is 4.48. The predicted octanol–water partition coefficient (Wildman–Crippen LogP) is 3.41. The molecular formula is C15H13ClO4. The van der Waals surface area contributed by atoms with Crippen molar-refractivity contribution in [3.63, 3.8) is 0 Å². The van der Waals surface area contributed by atoms with E-state index in [9.17, 15) is 9.90 Å². The standard InChI is InChI=1S/C15H13ClO4/c1-19-14-5-3-2-4-10(14)9-20-15(18)12-8-11(16)6-7-13(12)17/h2-8,17H,9H2,1H3. The molecule has 0 radical (unpaired) electrons. The topological polar surface area (TPSA) is 55.8 Å². The molecule has 0 fully saturated rings. The number of benzene rings is 2. The van der Waals surface area contributed by atoms with Crippen molar-refractivity contribution in [2.24, 2.45) is 0 Å². The molecule has 20 heavy (non-hydrogen) atoms. The summed E-state index contributed by atoms with van der Waals surface area (Å²) in [5.74, 6) is -0.175. The molecule has 2 aromatic rings. The van der Waals surface area contributed by atoms with Crippen LogP contribution in [0.5, 0.6) is 11.5 Å². The zero-order valence-corrected chi connectivity index (χ0v) is 11.6. The van der Waals surface area contributed by atoms with Crippen LogP contribution in [-0.4, -0.2) is 18.2 Å². The Hall–Kier alpha value is -2.20. The minimum absolute atomic E-state index is 0.0346. The number of aromatic hydroxyl groups is 1. The summed E-state index contributed by atoms with van der Waals surface area (Å²) >= 11 is 5.79. The first-order valence-corrected chi connectivity index (χ1v) is 6.27. The van der Waals surface area contributed by atoms with Crippen molar-refractivity contribution in [2.75, 3.05) is 7.11 Å². The van der Waals surface area contributed by atoms with Crippen LogP contribution in [0.4, 0.5) is 0 Å². The summed E-state index contributed by atoms with van der Waals surface area (Å²) < 4.78 is 10.3. The number of halogens is 1. The Morgan fingerprint density at radius 2 is 2.00 bits per heavy atom. The summed E-state index contributed by atoms with van der Waals surface area (Å²) in [7, 11) is 1.55. The monoisotopic (exact) mass is 292 g/mol. The lowest BCUT2D eigenvalue weighted by atomic mass is 10.2. The molecular weight excluding hydrogens is 280 g/mol. The molecule has 5 heteroatoms. The van der Waals surface area contributed by atoms with Crippen LogP contribution < -0.4 is 4.74 Å². The number of methoxy groups -OCH3 is 1. The number of hydrogen-bond acceptors (Lipinski definition) is 4. The fraction of sp³-hybridized carbons (Fsp3) is 0.133. The van der Waals surface area contributed by atoms with Gasteiger partial charge in [-0.3, -0.25) is 0 Å². The molecule has 2 aromatic carbocycles. The van der Waals surface area contributed by atoms with Crippen LogP contribution in [0.2, 0.25) is 5.02 Å². The van der Waals surface area contributed by atoms with Crippen LogP contribution in [0.15, 0.2) is 42.5 Å². The third-order valence-electron chi connectivity index (χ3n) is 2.73. The largest absolute Gasteiger partial charge is 0.507 e. The van der Waals surface area contributed by atoms with E-state index in [1.807, 2.05) is 12.1 Å². The average Bonchev–Trinajstić information content (AvgIpc) is 2.47. The number of ether oxygens (including phenoxy) is 2. The zero-order chi connectivity index (χ0) is 14.5. The van der Waals surface area contributed by atoms with Gasteiger partial charge in [0.1, 0.15) is 23.7 Å². The van der Waals surface area contributed by atoms with Gasteiger partial charge in [-0.25, -0.2) is 4.79 Å². The Labute approximate surface area is 121 Å². The van der Waals surface area contributed by atoms with E-state index in [0.717, 1.165) is 5.56 Å². The molecule has 0 aliphatic heterocycles. The number of carbonyl (C=O) groups is 1. The maximum atomic E-state index is 11.9. The van der Waals surface area contributed by atoms with Crippen molar-refractivity contribution in [3.05, 3.63) is 58.6 Å². The third-order valence-corrected chi connectivity index (χ3v) is 2.96. The number of phenols is 1. The lowest BCUT2D eigenvalue weighted by molar-refractivity contribution is 0.0467. The van der Waals surface area contributed by atoms with Crippen LogP contribution >= 0.6 is 11.6 Å². The maximum Gasteiger partial charge on any atom is 0.342 e. The molecule has 2 rings (SSSR count). The van der Waals surface area contributed by atoms with Crippen LogP contribution in [-0.2, 0) is 11.3 Å². The number of rotatable bonds is 4. The molecule has 0 aliphatic carbocycles. The van der Waals surface area contributed by atoms with Crippen molar-refractivity contribution in [3.8, 4) is 11.5 Å². The minimum Gasteiger partial charge on any atom is -0.507 e. The fourth-order valence-electron chi connectivity index (χ4n) is 1.72. The van der Waals surface area contributed by atoms with Crippen molar-refractivity contribution in [1.82, 2.24) is 0 Å². The van der Waals surface area contributed by atoms with E-state index in [4.69, 9.17) is 21.1 Å². The molecule has 0 saturated heterocycles. The summed E-state index contributed by atoms with van der Waals surface area (Å²) in [6.07, 6.45) is 0. The summed E-state index contributed by atoms with van der Waals surface area (Å²) in [6.45, 7) is 0.0504. The molecule has 0 atom stereocenters. The molecule has 0 heterocycles. The average molecular weight is 293 g/mol. The quantitative estimate of drug-likeness (QED) is 0.877. The van der Waals surface area contributed by atoms with Gasteiger partial charge in [0.25, 0.3) is 0 Å². The molecule has 104 valence electrons. The van der Waals surface area contributed by atoms with Crippen LogP contribution in [0, 0.1) is 0 Å². The van der Waals surface area contributed by atoms with Gasteiger partial charge in [0.2, 0.25) is 0 Å². The molecule has 0 unspecified atom stereocenters. The molecule has 4 nitrogen and oxygen atoms in total. The van der Waals surface area contributed by atoms with Crippen LogP contribution in [0.3, 0.4) is 0 Å². The highest BCUT2D eigenvalue weighted by Gasteiger charge is 2.14. The number of carbonyl (C=O) groups excluding carboxylic acids is 1. The van der Waals surface area contributed by atoms with E-state index >= 15 is 0 Å². The first-order chi connectivity index (χ1) is 9.61. The van der Waals surface area contributed by atoms with Gasteiger partial charge < -0.3 is 14.6 Å².